The number of hydrazone groups is 1. The van der Waals surface area contributed by atoms with Crippen LogP contribution in [0, 0.1) is 0 Å². The number of para-hydroxylation sites is 2. The van der Waals surface area contributed by atoms with E-state index in [4.69, 9.17) is 9.47 Å². The first kappa shape index (κ1) is 17.2. The van der Waals surface area contributed by atoms with Crippen LogP contribution in [0.25, 0.3) is 0 Å². The van der Waals surface area contributed by atoms with Crippen molar-refractivity contribution in [2.75, 3.05) is 0 Å². The molecule has 0 fully saturated rings. The van der Waals surface area contributed by atoms with Gasteiger partial charge in [-0.25, -0.2) is 5.43 Å². The summed E-state index contributed by atoms with van der Waals surface area (Å²) in [6.45, 7) is 0. The number of ether oxygens (including phenoxy) is 2. The first-order valence-electron chi connectivity index (χ1n) is 7.97. The number of nitrogens with zero attached hydrogens (tertiary/aromatic N) is 2. The van der Waals surface area contributed by atoms with E-state index in [0.29, 0.717) is 11.5 Å². The summed E-state index contributed by atoms with van der Waals surface area (Å²) < 4.78 is 11.3. The van der Waals surface area contributed by atoms with Crippen LogP contribution in [0.4, 0.5) is 0 Å². The first-order chi connectivity index (χ1) is 12.8. The molecule has 2 aromatic carbocycles. The van der Waals surface area contributed by atoms with Gasteiger partial charge < -0.3 is 9.47 Å². The van der Waals surface area contributed by atoms with Crippen molar-refractivity contribution in [3.05, 3.63) is 90.8 Å². The van der Waals surface area contributed by atoms with Crippen molar-refractivity contribution in [2.45, 2.75) is 6.29 Å². The average Bonchev–Trinajstić information content (AvgIpc) is 2.70. The smallest absolute Gasteiger partial charge is 0.323 e. The van der Waals surface area contributed by atoms with Crippen LogP contribution in [0.1, 0.15) is 5.56 Å². The molecular weight excluding hydrogens is 330 g/mol. The average molecular weight is 347 g/mol. The van der Waals surface area contributed by atoms with Gasteiger partial charge in [0.25, 0.3) is 0 Å². The van der Waals surface area contributed by atoms with Crippen LogP contribution >= 0.6 is 0 Å². The third-order valence-corrected chi connectivity index (χ3v) is 3.28. The molecule has 3 rings (SSSR count). The molecule has 130 valence electrons. The third kappa shape index (κ3) is 5.17. The fourth-order valence-electron chi connectivity index (χ4n) is 2.05. The molecule has 0 unspecified atom stereocenters. The molecule has 0 aliphatic heterocycles. The molecule has 6 nitrogen and oxygen atoms in total. The van der Waals surface area contributed by atoms with Crippen LogP contribution in [0.2, 0.25) is 0 Å². The monoisotopic (exact) mass is 347 g/mol. The lowest BCUT2D eigenvalue weighted by Gasteiger charge is -2.18. The number of hydrogen-bond acceptors (Lipinski definition) is 5. The van der Waals surface area contributed by atoms with Crippen LogP contribution < -0.4 is 14.9 Å². The Kier molecular flexibility index (Phi) is 5.93. The normalized spacial score (nSPS) is 10.7. The van der Waals surface area contributed by atoms with Gasteiger partial charge in [-0.3, -0.25) is 9.78 Å². The van der Waals surface area contributed by atoms with Crippen molar-refractivity contribution in [1.29, 1.82) is 0 Å². The van der Waals surface area contributed by atoms with Crippen LogP contribution in [-0.2, 0) is 4.79 Å². The summed E-state index contributed by atoms with van der Waals surface area (Å²) in [5, 5.41) is 3.93. The molecule has 0 saturated heterocycles. The van der Waals surface area contributed by atoms with Gasteiger partial charge in [0.15, 0.2) is 0 Å². The minimum atomic E-state index is -1.19. The summed E-state index contributed by atoms with van der Waals surface area (Å²) >= 11 is 0. The molecule has 3 aromatic rings. The number of carbonyl (C=O) groups excluding carboxylic acids is 1. The Bertz CT molecular complexity index is 798. The lowest BCUT2D eigenvalue weighted by molar-refractivity contribution is -0.140. The van der Waals surface area contributed by atoms with Gasteiger partial charge in [0.2, 0.25) is 0 Å². The Balaban J connectivity index is 1.69. The predicted octanol–water partition coefficient (Wildman–Crippen LogP) is 3.02. The Morgan fingerprint density at radius 2 is 1.42 bits per heavy atom. The van der Waals surface area contributed by atoms with Crippen molar-refractivity contribution >= 4 is 12.1 Å². The highest BCUT2D eigenvalue weighted by molar-refractivity contribution is 5.83. The summed E-state index contributed by atoms with van der Waals surface area (Å²) in [6, 6.07) is 21.5. The van der Waals surface area contributed by atoms with Gasteiger partial charge in [0, 0.05) is 12.4 Å². The van der Waals surface area contributed by atoms with Gasteiger partial charge in [-0.1, -0.05) is 36.4 Å². The zero-order valence-corrected chi connectivity index (χ0v) is 13.9. The summed E-state index contributed by atoms with van der Waals surface area (Å²) in [6.07, 6.45) is 3.61. The van der Waals surface area contributed by atoms with Crippen molar-refractivity contribution in [1.82, 2.24) is 10.4 Å². The van der Waals surface area contributed by atoms with E-state index in [0.717, 1.165) is 5.56 Å². The zero-order chi connectivity index (χ0) is 18.0. The fraction of sp³-hybridized carbons (Fsp3) is 0.0500. The SMILES string of the molecule is O=C(NN=Cc1ccncc1)C(Oc1ccccc1)Oc1ccccc1. The van der Waals surface area contributed by atoms with E-state index in [1.165, 1.54) is 6.21 Å². The maximum absolute atomic E-state index is 12.5. The largest absolute Gasteiger partial charge is 0.446 e. The van der Waals surface area contributed by atoms with Gasteiger partial charge >= 0.3 is 12.2 Å². The molecule has 26 heavy (non-hydrogen) atoms. The van der Waals surface area contributed by atoms with Crippen molar-refractivity contribution in [3.63, 3.8) is 0 Å². The van der Waals surface area contributed by atoms with Gasteiger partial charge in [-0.2, -0.15) is 5.10 Å². The Hall–Kier alpha value is -3.67. The molecule has 0 atom stereocenters. The molecule has 1 aromatic heterocycles. The highest BCUT2D eigenvalue weighted by Crippen LogP contribution is 2.16. The van der Waals surface area contributed by atoms with E-state index in [1.807, 2.05) is 36.4 Å². The standard InChI is InChI=1S/C20H17N3O3/c24-19(23-22-15-16-11-13-21-14-12-16)20(25-17-7-3-1-4-8-17)26-18-9-5-2-6-10-18/h1-15,20H,(H,23,24). The molecule has 0 bridgehead atoms. The number of aromatic nitrogens is 1. The van der Waals surface area contributed by atoms with Crippen LogP contribution in [0.15, 0.2) is 90.3 Å². The number of pyridine rings is 1. The quantitative estimate of drug-likeness (QED) is 0.405. The lowest BCUT2D eigenvalue weighted by atomic mass is 10.3. The fourth-order valence-corrected chi connectivity index (χ4v) is 2.05. The first-order valence-corrected chi connectivity index (χ1v) is 7.97. The third-order valence-electron chi connectivity index (χ3n) is 3.28. The molecule has 1 amide bonds. The Morgan fingerprint density at radius 3 is 1.96 bits per heavy atom. The Morgan fingerprint density at radius 1 is 0.885 bits per heavy atom. The number of benzene rings is 2. The van der Waals surface area contributed by atoms with E-state index in [9.17, 15) is 4.79 Å². The minimum Gasteiger partial charge on any atom is -0.446 e. The summed E-state index contributed by atoms with van der Waals surface area (Å²) in [5.74, 6) is 0.506. The number of rotatable bonds is 7. The topological polar surface area (TPSA) is 72.8 Å². The lowest BCUT2D eigenvalue weighted by Crippen LogP contribution is -2.40. The molecule has 0 saturated carbocycles. The maximum atomic E-state index is 12.5. The summed E-state index contributed by atoms with van der Waals surface area (Å²) in [7, 11) is 0. The molecule has 1 N–H and O–H groups in total. The highest BCUT2D eigenvalue weighted by atomic mass is 16.7. The number of amides is 1. The van der Waals surface area contributed by atoms with Crippen molar-refractivity contribution in [3.8, 4) is 11.5 Å². The summed E-state index contributed by atoms with van der Waals surface area (Å²) in [4.78, 5) is 16.4. The number of hydrogen-bond donors (Lipinski definition) is 1. The van der Waals surface area contributed by atoms with E-state index in [1.54, 1.807) is 48.8 Å². The van der Waals surface area contributed by atoms with Gasteiger partial charge in [-0.15, -0.1) is 0 Å². The van der Waals surface area contributed by atoms with E-state index in [2.05, 4.69) is 15.5 Å². The molecule has 0 aliphatic carbocycles. The molecule has 0 aliphatic rings. The number of nitrogens with one attached hydrogen (secondary N) is 1. The highest BCUT2D eigenvalue weighted by Gasteiger charge is 2.22. The van der Waals surface area contributed by atoms with Crippen LogP contribution in [-0.4, -0.2) is 23.4 Å². The predicted molar refractivity (Wildman–Crippen MR) is 97.9 cm³/mol. The van der Waals surface area contributed by atoms with Gasteiger partial charge in [-0.05, 0) is 42.0 Å². The molecular formula is C20H17N3O3. The molecule has 0 radical (unpaired) electrons. The van der Waals surface area contributed by atoms with Crippen LogP contribution in [0.5, 0.6) is 11.5 Å². The van der Waals surface area contributed by atoms with E-state index in [-0.39, 0.29) is 0 Å². The zero-order valence-electron chi connectivity index (χ0n) is 13.9. The van der Waals surface area contributed by atoms with Crippen molar-refractivity contribution in [2.24, 2.45) is 5.10 Å². The van der Waals surface area contributed by atoms with E-state index >= 15 is 0 Å². The molecule has 1 heterocycles. The molecule has 6 heteroatoms. The second-order valence-electron chi connectivity index (χ2n) is 5.21. The van der Waals surface area contributed by atoms with Gasteiger partial charge in [0.05, 0.1) is 6.21 Å². The Labute approximate surface area is 151 Å². The minimum absolute atomic E-state index is 0.515. The van der Waals surface area contributed by atoms with Crippen molar-refractivity contribution < 1.29 is 14.3 Å². The second kappa shape index (κ2) is 8.98. The van der Waals surface area contributed by atoms with Crippen LogP contribution in [0.3, 0.4) is 0 Å². The second-order valence-corrected chi connectivity index (χ2v) is 5.21. The maximum Gasteiger partial charge on any atom is 0.323 e. The van der Waals surface area contributed by atoms with Gasteiger partial charge in [0.1, 0.15) is 11.5 Å². The van der Waals surface area contributed by atoms with E-state index < -0.39 is 12.2 Å². The molecule has 0 spiro atoms. The number of carbonyl (C=O) groups is 1. The summed E-state index contributed by atoms with van der Waals surface area (Å²) in [5.41, 5.74) is 3.24.